The van der Waals surface area contributed by atoms with Gasteiger partial charge in [0, 0.05) is 11.6 Å². The van der Waals surface area contributed by atoms with Crippen molar-refractivity contribution in [3.63, 3.8) is 0 Å². The average molecular weight is 278 g/mol. The Labute approximate surface area is 121 Å². The topological polar surface area (TPSA) is 60.9 Å². The summed E-state index contributed by atoms with van der Waals surface area (Å²) < 4.78 is 3.60. The van der Waals surface area contributed by atoms with Crippen molar-refractivity contribution in [3.05, 3.63) is 54.4 Å². The van der Waals surface area contributed by atoms with E-state index in [4.69, 9.17) is 0 Å². The van der Waals surface area contributed by atoms with Crippen LogP contribution in [-0.4, -0.2) is 29.4 Å². The summed E-state index contributed by atoms with van der Waals surface area (Å²) in [6, 6.07) is 7.93. The molecule has 104 valence electrons. The van der Waals surface area contributed by atoms with E-state index in [2.05, 4.69) is 20.2 Å². The Balaban J connectivity index is 1.88. The van der Waals surface area contributed by atoms with Gasteiger partial charge in [0.15, 0.2) is 11.5 Å². The van der Waals surface area contributed by atoms with Crippen LogP contribution in [0.5, 0.6) is 0 Å². The molecule has 1 aromatic carbocycles. The van der Waals surface area contributed by atoms with Crippen LogP contribution in [0.1, 0.15) is 24.4 Å². The third-order valence-corrected chi connectivity index (χ3v) is 3.60. The van der Waals surface area contributed by atoms with Gasteiger partial charge in [-0.3, -0.25) is 4.68 Å². The molecule has 6 heteroatoms. The number of para-hydroxylation sites is 1. The average Bonchev–Trinajstić information content (AvgIpc) is 3.12. The van der Waals surface area contributed by atoms with Crippen molar-refractivity contribution in [1.29, 1.82) is 0 Å². The largest absolute Gasteiger partial charge is 0.262 e. The lowest BCUT2D eigenvalue weighted by molar-refractivity contribution is 0.536. The summed E-state index contributed by atoms with van der Waals surface area (Å²) in [6.07, 6.45) is 5.53. The summed E-state index contributed by atoms with van der Waals surface area (Å²) in [6.45, 7) is 4.06. The van der Waals surface area contributed by atoms with Crippen LogP contribution in [0.2, 0.25) is 0 Å². The maximum Gasteiger partial charge on any atom is 0.176 e. The molecule has 1 atom stereocenters. The molecule has 6 nitrogen and oxygen atoms in total. The van der Waals surface area contributed by atoms with Gasteiger partial charge < -0.3 is 0 Å². The van der Waals surface area contributed by atoms with Crippen LogP contribution in [0, 0.1) is 6.92 Å². The zero-order valence-electron chi connectivity index (χ0n) is 11.8. The van der Waals surface area contributed by atoms with E-state index in [0.717, 1.165) is 27.9 Å². The third kappa shape index (κ3) is 1.87. The summed E-state index contributed by atoms with van der Waals surface area (Å²) in [7, 11) is 0. The van der Waals surface area contributed by atoms with Crippen molar-refractivity contribution in [1.82, 2.24) is 29.4 Å². The first-order valence-corrected chi connectivity index (χ1v) is 6.83. The fourth-order valence-corrected chi connectivity index (χ4v) is 2.44. The van der Waals surface area contributed by atoms with Gasteiger partial charge in [0.1, 0.15) is 12.4 Å². The number of aryl methyl sites for hydroxylation is 1. The standard InChI is InChI=1S/C15H14N6/c1-10-7-17-20(8-10)11(2)14-18-15-12-5-3-4-6-13(12)16-9-21(15)19-14/h3-9,11H,1-2H3/t11-/m0/s1. The number of hydrogen-bond acceptors (Lipinski definition) is 4. The van der Waals surface area contributed by atoms with E-state index in [1.165, 1.54) is 0 Å². The number of benzene rings is 1. The Bertz CT molecular complexity index is 936. The first kappa shape index (κ1) is 12.0. The highest BCUT2D eigenvalue weighted by Crippen LogP contribution is 2.19. The fourth-order valence-electron chi connectivity index (χ4n) is 2.44. The van der Waals surface area contributed by atoms with Crippen LogP contribution < -0.4 is 0 Å². The van der Waals surface area contributed by atoms with E-state index in [0.29, 0.717) is 0 Å². The summed E-state index contributed by atoms with van der Waals surface area (Å²) in [5, 5.41) is 9.87. The second-order valence-corrected chi connectivity index (χ2v) is 5.17. The highest BCUT2D eigenvalue weighted by molar-refractivity contribution is 5.90. The lowest BCUT2D eigenvalue weighted by Gasteiger charge is -2.06. The fraction of sp³-hybridized carbons (Fsp3) is 0.200. The number of hydrogen-bond donors (Lipinski definition) is 0. The molecule has 3 aromatic heterocycles. The van der Waals surface area contributed by atoms with Gasteiger partial charge in [-0.1, -0.05) is 12.1 Å². The molecule has 0 saturated carbocycles. The molecule has 21 heavy (non-hydrogen) atoms. The van der Waals surface area contributed by atoms with E-state index >= 15 is 0 Å². The van der Waals surface area contributed by atoms with Gasteiger partial charge >= 0.3 is 0 Å². The van der Waals surface area contributed by atoms with Crippen molar-refractivity contribution >= 4 is 16.6 Å². The van der Waals surface area contributed by atoms with Crippen LogP contribution in [0.25, 0.3) is 16.6 Å². The summed E-state index contributed by atoms with van der Waals surface area (Å²) >= 11 is 0. The van der Waals surface area contributed by atoms with Gasteiger partial charge in [-0.2, -0.15) is 5.10 Å². The number of aromatic nitrogens is 6. The third-order valence-electron chi connectivity index (χ3n) is 3.60. The molecule has 0 aliphatic carbocycles. The Hall–Kier alpha value is -2.76. The molecule has 0 radical (unpaired) electrons. The van der Waals surface area contributed by atoms with Crippen LogP contribution >= 0.6 is 0 Å². The Morgan fingerprint density at radius 2 is 2.05 bits per heavy atom. The Morgan fingerprint density at radius 3 is 2.86 bits per heavy atom. The normalized spacial score (nSPS) is 13.0. The molecule has 0 spiro atoms. The maximum atomic E-state index is 4.68. The summed E-state index contributed by atoms with van der Waals surface area (Å²) in [4.78, 5) is 9.07. The van der Waals surface area contributed by atoms with E-state index in [9.17, 15) is 0 Å². The van der Waals surface area contributed by atoms with Crippen LogP contribution in [0.4, 0.5) is 0 Å². The molecular weight excluding hydrogens is 264 g/mol. The van der Waals surface area contributed by atoms with Crippen molar-refractivity contribution in [2.45, 2.75) is 19.9 Å². The molecule has 0 N–H and O–H groups in total. The van der Waals surface area contributed by atoms with E-state index in [1.54, 1.807) is 10.8 Å². The summed E-state index contributed by atoms with van der Waals surface area (Å²) in [5.74, 6) is 0.733. The molecular formula is C15H14N6. The van der Waals surface area contributed by atoms with Crippen molar-refractivity contribution < 1.29 is 0 Å². The molecule has 0 fully saturated rings. The minimum Gasteiger partial charge on any atom is -0.262 e. The minimum atomic E-state index is -0.0163. The molecule has 3 heterocycles. The van der Waals surface area contributed by atoms with Crippen molar-refractivity contribution in [2.24, 2.45) is 0 Å². The zero-order chi connectivity index (χ0) is 14.4. The lowest BCUT2D eigenvalue weighted by Crippen LogP contribution is -2.09. The number of rotatable bonds is 2. The molecule has 0 amide bonds. The molecule has 0 aliphatic rings. The summed E-state index contributed by atoms with van der Waals surface area (Å²) in [5.41, 5.74) is 2.87. The molecule has 0 saturated heterocycles. The predicted molar refractivity (Wildman–Crippen MR) is 79.1 cm³/mol. The minimum absolute atomic E-state index is 0.0163. The highest BCUT2D eigenvalue weighted by Gasteiger charge is 2.16. The molecule has 4 aromatic rings. The van der Waals surface area contributed by atoms with Gasteiger partial charge in [0.2, 0.25) is 0 Å². The monoisotopic (exact) mass is 278 g/mol. The van der Waals surface area contributed by atoms with Crippen LogP contribution in [-0.2, 0) is 0 Å². The second kappa shape index (κ2) is 4.37. The van der Waals surface area contributed by atoms with Crippen molar-refractivity contribution in [3.8, 4) is 0 Å². The first-order chi connectivity index (χ1) is 10.2. The molecule has 0 bridgehead atoms. The van der Waals surface area contributed by atoms with Gasteiger partial charge in [0.25, 0.3) is 0 Å². The van der Waals surface area contributed by atoms with E-state index in [1.807, 2.05) is 55.2 Å². The molecule has 4 rings (SSSR count). The van der Waals surface area contributed by atoms with Crippen LogP contribution in [0.3, 0.4) is 0 Å². The quantitative estimate of drug-likeness (QED) is 0.565. The van der Waals surface area contributed by atoms with E-state index in [-0.39, 0.29) is 6.04 Å². The van der Waals surface area contributed by atoms with Crippen LogP contribution in [0.15, 0.2) is 43.0 Å². The van der Waals surface area contributed by atoms with Gasteiger partial charge in [-0.05, 0) is 31.5 Å². The van der Waals surface area contributed by atoms with Gasteiger partial charge in [0.05, 0.1) is 11.7 Å². The van der Waals surface area contributed by atoms with E-state index < -0.39 is 0 Å². The maximum absolute atomic E-state index is 4.68. The highest BCUT2D eigenvalue weighted by atomic mass is 15.4. The second-order valence-electron chi connectivity index (χ2n) is 5.17. The van der Waals surface area contributed by atoms with Gasteiger partial charge in [-0.15, -0.1) is 5.10 Å². The van der Waals surface area contributed by atoms with Gasteiger partial charge in [-0.25, -0.2) is 14.5 Å². The van der Waals surface area contributed by atoms with Crippen molar-refractivity contribution in [2.75, 3.05) is 0 Å². The number of fused-ring (bicyclic) bond motifs is 3. The molecule has 0 aliphatic heterocycles. The molecule has 0 unspecified atom stereocenters. The predicted octanol–water partition coefficient (Wildman–Crippen LogP) is 2.39. The SMILES string of the molecule is Cc1cnn([C@@H](C)c2nc3c4ccccc4ncn3n2)c1. The first-order valence-electron chi connectivity index (χ1n) is 6.83. The Morgan fingerprint density at radius 1 is 1.19 bits per heavy atom. The smallest absolute Gasteiger partial charge is 0.176 e. The Kier molecular flexibility index (Phi) is 2.50. The lowest BCUT2D eigenvalue weighted by atomic mass is 10.2. The number of nitrogens with zero attached hydrogens (tertiary/aromatic N) is 6. The zero-order valence-corrected chi connectivity index (χ0v) is 11.8.